The molecule has 0 unspecified atom stereocenters. The zero-order valence-electron chi connectivity index (χ0n) is 13.9. The van der Waals surface area contributed by atoms with E-state index < -0.39 is 16.2 Å². The highest BCUT2D eigenvalue weighted by Gasteiger charge is 2.35. The molecule has 2 atom stereocenters. The minimum absolute atomic E-state index is 0.0709. The van der Waals surface area contributed by atoms with Crippen molar-refractivity contribution < 1.29 is 12.8 Å². The molecule has 3 nitrogen and oxygen atoms in total. The second-order valence-electron chi connectivity index (χ2n) is 6.58. The molecule has 1 saturated heterocycles. The zero-order valence-corrected chi connectivity index (χ0v) is 14.8. The van der Waals surface area contributed by atoms with Gasteiger partial charge >= 0.3 is 0 Å². The van der Waals surface area contributed by atoms with Gasteiger partial charge in [0.05, 0.1) is 4.90 Å². The lowest BCUT2D eigenvalue weighted by Gasteiger charge is -2.34. The van der Waals surface area contributed by atoms with Gasteiger partial charge in [-0.1, -0.05) is 47.5 Å². The summed E-state index contributed by atoms with van der Waals surface area (Å²) in [6.07, 6.45) is -0.784. The Morgan fingerprint density at radius 1 is 1.00 bits per heavy atom. The molecule has 0 radical (unpaired) electrons. The van der Waals surface area contributed by atoms with E-state index in [2.05, 4.69) is 0 Å². The second kappa shape index (κ2) is 6.65. The number of hydrogen-bond donors (Lipinski definition) is 0. The molecule has 1 fully saturated rings. The van der Waals surface area contributed by atoms with E-state index >= 15 is 0 Å². The number of sulfonamides is 1. The van der Waals surface area contributed by atoms with Gasteiger partial charge in [-0.25, -0.2) is 12.8 Å². The highest BCUT2D eigenvalue weighted by Crippen LogP contribution is 2.32. The van der Waals surface area contributed by atoms with Crippen molar-refractivity contribution in [1.29, 1.82) is 0 Å². The molecule has 2 aromatic carbocycles. The molecule has 2 aromatic rings. The number of piperidine rings is 1. The van der Waals surface area contributed by atoms with Crippen LogP contribution < -0.4 is 0 Å². The average Bonchev–Trinajstić information content (AvgIpc) is 2.54. The smallest absolute Gasteiger partial charge is 0.243 e. The second-order valence-corrected chi connectivity index (χ2v) is 8.52. The van der Waals surface area contributed by atoms with E-state index in [-0.39, 0.29) is 17.4 Å². The first-order valence-electron chi connectivity index (χ1n) is 8.14. The Bertz CT molecular complexity index is 818. The van der Waals surface area contributed by atoms with Crippen LogP contribution in [0.1, 0.15) is 29.0 Å². The fourth-order valence-electron chi connectivity index (χ4n) is 3.22. The summed E-state index contributed by atoms with van der Waals surface area (Å²) in [5, 5.41) is 0. The lowest BCUT2D eigenvalue weighted by molar-refractivity contribution is 0.184. The quantitative estimate of drug-likeness (QED) is 0.846. The van der Waals surface area contributed by atoms with Crippen LogP contribution in [0.15, 0.2) is 53.4 Å². The van der Waals surface area contributed by atoms with Gasteiger partial charge in [-0.05, 0) is 38.0 Å². The number of rotatable bonds is 3. The number of nitrogens with zero attached hydrogens (tertiary/aromatic N) is 1. The van der Waals surface area contributed by atoms with Crippen molar-refractivity contribution in [2.75, 3.05) is 13.1 Å². The summed E-state index contributed by atoms with van der Waals surface area (Å²) in [5.74, 6) is -0.117. The van der Waals surface area contributed by atoms with E-state index in [1.54, 1.807) is 24.3 Å². The first kappa shape index (κ1) is 17.1. The number of alkyl halides is 1. The van der Waals surface area contributed by atoms with Gasteiger partial charge in [0.15, 0.2) is 0 Å². The molecule has 24 heavy (non-hydrogen) atoms. The summed E-state index contributed by atoms with van der Waals surface area (Å²) >= 11 is 0. The van der Waals surface area contributed by atoms with Gasteiger partial charge in [0, 0.05) is 19.0 Å². The Hall–Kier alpha value is -1.72. The van der Waals surface area contributed by atoms with Crippen molar-refractivity contribution in [3.05, 3.63) is 65.2 Å². The predicted molar refractivity (Wildman–Crippen MR) is 93.4 cm³/mol. The van der Waals surface area contributed by atoms with E-state index in [9.17, 15) is 12.8 Å². The largest absolute Gasteiger partial charge is 0.246 e. The van der Waals surface area contributed by atoms with Crippen LogP contribution in [0.25, 0.3) is 0 Å². The van der Waals surface area contributed by atoms with E-state index in [0.29, 0.717) is 13.0 Å². The topological polar surface area (TPSA) is 37.4 Å². The molecule has 1 heterocycles. The number of halogens is 1. The summed E-state index contributed by atoms with van der Waals surface area (Å²) in [4.78, 5) is 0.227. The maximum atomic E-state index is 14.3. The van der Waals surface area contributed by atoms with Crippen LogP contribution in [-0.4, -0.2) is 32.0 Å². The highest BCUT2D eigenvalue weighted by atomic mass is 32.2. The third-order valence-corrected chi connectivity index (χ3v) is 6.38. The Balaban J connectivity index is 1.89. The summed E-state index contributed by atoms with van der Waals surface area (Å²) in [6, 6.07) is 14.6. The van der Waals surface area contributed by atoms with Crippen LogP contribution in [0.5, 0.6) is 0 Å². The summed E-state index contributed by atoms with van der Waals surface area (Å²) < 4.78 is 41.3. The van der Waals surface area contributed by atoms with Crippen molar-refractivity contribution in [2.45, 2.75) is 37.3 Å². The summed E-state index contributed by atoms with van der Waals surface area (Å²) in [5.41, 5.74) is 3.09. The van der Waals surface area contributed by atoms with Gasteiger partial charge in [0.2, 0.25) is 10.0 Å². The Morgan fingerprint density at radius 2 is 1.71 bits per heavy atom. The van der Waals surface area contributed by atoms with E-state index in [4.69, 9.17) is 0 Å². The molecule has 1 aliphatic rings. The van der Waals surface area contributed by atoms with E-state index in [1.807, 2.05) is 38.1 Å². The molecule has 0 bridgehead atoms. The molecule has 5 heteroatoms. The molecule has 3 rings (SSSR count). The average molecular weight is 347 g/mol. The van der Waals surface area contributed by atoms with Crippen LogP contribution in [0, 0.1) is 13.8 Å². The predicted octanol–water partition coefficient (Wildman–Crippen LogP) is 3.82. The van der Waals surface area contributed by atoms with Crippen LogP contribution in [0.2, 0.25) is 0 Å². The minimum Gasteiger partial charge on any atom is -0.246 e. The molecule has 0 N–H and O–H groups in total. The Kier molecular flexibility index (Phi) is 4.74. The van der Waals surface area contributed by atoms with Crippen molar-refractivity contribution >= 4 is 10.0 Å². The van der Waals surface area contributed by atoms with Crippen LogP contribution in [-0.2, 0) is 10.0 Å². The molecular formula is C19H22FNO2S. The molecule has 0 aromatic heterocycles. The van der Waals surface area contributed by atoms with Gasteiger partial charge in [-0.2, -0.15) is 4.31 Å². The van der Waals surface area contributed by atoms with E-state index in [1.165, 1.54) is 4.31 Å². The molecule has 0 amide bonds. The number of aryl methyl sites for hydroxylation is 2. The third kappa shape index (κ3) is 3.52. The SMILES string of the molecule is Cc1ccc(S(=O)(=O)N2C[C@H](F)C[C@H](c3cccc(C)c3)C2)cc1. The summed E-state index contributed by atoms with van der Waals surface area (Å²) in [6.45, 7) is 4.14. The first-order chi connectivity index (χ1) is 11.4. The molecular weight excluding hydrogens is 325 g/mol. The van der Waals surface area contributed by atoms with Gasteiger partial charge < -0.3 is 0 Å². The van der Waals surface area contributed by atoms with Crippen LogP contribution in [0.3, 0.4) is 0 Å². The van der Waals surface area contributed by atoms with Gasteiger partial charge in [-0.15, -0.1) is 0 Å². The number of hydrogen-bond acceptors (Lipinski definition) is 2. The number of benzene rings is 2. The van der Waals surface area contributed by atoms with Gasteiger partial charge in [0.25, 0.3) is 0 Å². The van der Waals surface area contributed by atoms with Gasteiger partial charge in [-0.3, -0.25) is 0 Å². The molecule has 0 spiro atoms. The fraction of sp³-hybridized carbons (Fsp3) is 0.368. The Morgan fingerprint density at radius 3 is 2.38 bits per heavy atom. The van der Waals surface area contributed by atoms with Crippen molar-refractivity contribution in [2.24, 2.45) is 0 Å². The van der Waals surface area contributed by atoms with Crippen LogP contribution >= 0.6 is 0 Å². The maximum absolute atomic E-state index is 14.3. The summed E-state index contributed by atoms with van der Waals surface area (Å²) in [7, 11) is -3.67. The third-order valence-electron chi connectivity index (χ3n) is 4.54. The highest BCUT2D eigenvalue weighted by molar-refractivity contribution is 7.89. The standard InChI is InChI=1S/C19H22FNO2S/c1-14-6-8-19(9-7-14)24(22,23)21-12-17(11-18(20)13-21)16-5-3-4-15(2)10-16/h3-10,17-18H,11-13H2,1-2H3/t17-,18+/m0/s1. The monoisotopic (exact) mass is 347 g/mol. The van der Waals surface area contributed by atoms with Crippen molar-refractivity contribution in [3.63, 3.8) is 0 Å². The van der Waals surface area contributed by atoms with Crippen molar-refractivity contribution in [3.8, 4) is 0 Å². The maximum Gasteiger partial charge on any atom is 0.243 e. The molecule has 128 valence electrons. The normalized spacial score (nSPS) is 22.5. The van der Waals surface area contributed by atoms with Crippen LogP contribution in [0.4, 0.5) is 4.39 Å². The zero-order chi connectivity index (χ0) is 17.3. The lowest BCUT2D eigenvalue weighted by Crippen LogP contribution is -2.44. The fourth-order valence-corrected chi connectivity index (χ4v) is 4.73. The van der Waals surface area contributed by atoms with Gasteiger partial charge in [0.1, 0.15) is 6.17 Å². The molecule has 1 aliphatic heterocycles. The van der Waals surface area contributed by atoms with Crippen molar-refractivity contribution in [1.82, 2.24) is 4.31 Å². The first-order valence-corrected chi connectivity index (χ1v) is 9.58. The molecule has 0 aliphatic carbocycles. The minimum atomic E-state index is -3.67. The molecule has 0 saturated carbocycles. The lowest BCUT2D eigenvalue weighted by atomic mass is 9.90. The Labute approximate surface area is 143 Å². The van der Waals surface area contributed by atoms with E-state index in [0.717, 1.165) is 16.7 Å².